The minimum Gasteiger partial charge on any atom is -0.365 e. The first kappa shape index (κ1) is 22.6. The van der Waals surface area contributed by atoms with Crippen LogP contribution in [0.5, 0.6) is 0 Å². The second-order valence-corrected chi connectivity index (χ2v) is 10.2. The summed E-state index contributed by atoms with van der Waals surface area (Å²) in [6.45, 7) is 6.97. The highest BCUT2D eigenvalue weighted by molar-refractivity contribution is 7.46. The number of nitrogens with zero attached hydrogens (tertiary/aromatic N) is 2. The van der Waals surface area contributed by atoms with E-state index >= 15 is 0 Å². The molecule has 0 bridgehead atoms. The highest BCUT2D eigenvalue weighted by Gasteiger charge is 2.43. The summed E-state index contributed by atoms with van der Waals surface area (Å²) in [6.07, 6.45) is 1.73. The number of carbonyl (C=O) groups is 2. The van der Waals surface area contributed by atoms with Crippen LogP contribution in [0.3, 0.4) is 0 Å². The number of aromatic nitrogens is 2. The van der Waals surface area contributed by atoms with Gasteiger partial charge in [-0.25, -0.2) is 9.25 Å². The number of ether oxygens (including phenoxy) is 1. The SMILES string of the molecule is CC1(C)Cc2c(sc(NC(=O)c3ccnn3COP(=O)(O)O)c2C(N)=O)C(C)(C)O1. The van der Waals surface area contributed by atoms with Gasteiger partial charge >= 0.3 is 7.82 Å². The van der Waals surface area contributed by atoms with Crippen LogP contribution in [-0.2, 0) is 32.6 Å². The molecule has 164 valence electrons. The Morgan fingerprint density at radius 2 is 2.07 bits per heavy atom. The molecular weight excluding hydrogens is 435 g/mol. The summed E-state index contributed by atoms with van der Waals surface area (Å²) in [6, 6.07) is 1.35. The average molecular weight is 458 g/mol. The van der Waals surface area contributed by atoms with Crippen molar-refractivity contribution < 1.29 is 33.2 Å². The van der Waals surface area contributed by atoms with Gasteiger partial charge in [0.1, 0.15) is 10.7 Å². The van der Waals surface area contributed by atoms with Gasteiger partial charge in [0, 0.05) is 17.5 Å². The lowest BCUT2D eigenvalue weighted by molar-refractivity contribution is -0.135. The number of thiophene rings is 1. The van der Waals surface area contributed by atoms with Crippen molar-refractivity contribution in [2.75, 3.05) is 5.32 Å². The van der Waals surface area contributed by atoms with Gasteiger partial charge in [0.25, 0.3) is 11.8 Å². The van der Waals surface area contributed by atoms with Gasteiger partial charge in [-0.15, -0.1) is 11.3 Å². The van der Waals surface area contributed by atoms with Crippen molar-refractivity contribution in [3.8, 4) is 0 Å². The Balaban J connectivity index is 1.95. The molecule has 3 heterocycles. The minimum atomic E-state index is -4.74. The number of rotatable bonds is 6. The number of carbonyl (C=O) groups excluding carboxylic acids is 2. The fourth-order valence-corrected chi connectivity index (χ4v) is 5.11. The first-order chi connectivity index (χ1) is 13.7. The Hall–Kier alpha value is -2.08. The summed E-state index contributed by atoms with van der Waals surface area (Å²) in [5.41, 5.74) is 5.37. The van der Waals surface area contributed by atoms with Crippen molar-refractivity contribution in [2.24, 2.45) is 5.73 Å². The number of hydrogen-bond acceptors (Lipinski definition) is 7. The molecular formula is C17H23N4O7PS. The molecule has 13 heteroatoms. The largest absolute Gasteiger partial charge is 0.471 e. The van der Waals surface area contributed by atoms with E-state index in [1.54, 1.807) is 0 Å². The number of primary amides is 1. The quantitative estimate of drug-likeness (QED) is 0.477. The van der Waals surface area contributed by atoms with Gasteiger partial charge in [-0.05, 0) is 39.3 Å². The van der Waals surface area contributed by atoms with Crippen LogP contribution < -0.4 is 11.1 Å². The third kappa shape index (κ3) is 4.64. The van der Waals surface area contributed by atoms with E-state index in [0.29, 0.717) is 6.42 Å². The van der Waals surface area contributed by atoms with Crippen LogP contribution in [0.15, 0.2) is 12.3 Å². The van der Waals surface area contributed by atoms with E-state index in [1.165, 1.54) is 23.6 Å². The van der Waals surface area contributed by atoms with E-state index in [1.807, 2.05) is 27.7 Å². The predicted octanol–water partition coefficient (Wildman–Crippen LogP) is 1.95. The first-order valence-corrected chi connectivity index (χ1v) is 11.2. The van der Waals surface area contributed by atoms with Crippen LogP contribution in [-0.4, -0.2) is 37.0 Å². The number of anilines is 1. The first-order valence-electron chi connectivity index (χ1n) is 8.89. The monoisotopic (exact) mass is 458 g/mol. The molecule has 0 aliphatic carbocycles. The molecule has 0 aromatic carbocycles. The molecule has 1 aliphatic heterocycles. The number of hydrogen-bond donors (Lipinski definition) is 4. The number of nitrogens with two attached hydrogens (primary N) is 1. The Kier molecular flexibility index (Phi) is 5.69. The van der Waals surface area contributed by atoms with Crippen LogP contribution in [0.25, 0.3) is 0 Å². The molecule has 2 amide bonds. The molecule has 1 aliphatic rings. The van der Waals surface area contributed by atoms with Crippen LogP contribution >= 0.6 is 19.2 Å². The van der Waals surface area contributed by atoms with E-state index in [9.17, 15) is 14.2 Å². The van der Waals surface area contributed by atoms with Crippen molar-refractivity contribution >= 4 is 36.0 Å². The number of amides is 2. The number of fused-ring (bicyclic) bond motifs is 1. The molecule has 0 saturated carbocycles. The van der Waals surface area contributed by atoms with Crippen LogP contribution in [0, 0.1) is 0 Å². The van der Waals surface area contributed by atoms with Crippen molar-refractivity contribution in [3.05, 3.63) is 34.0 Å². The number of phosphoric acid groups is 1. The van der Waals surface area contributed by atoms with E-state index in [0.717, 1.165) is 15.1 Å². The average Bonchev–Trinajstić information content (AvgIpc) is 3.15. The fraction of sp³-hybridized carbons (Fsp3) is 0.471. The summed E-state index contributed by atoms with van der Waals surface area (Å²) >= 11 is 1.20. The molecule has 0 unspecified atom stereocenters. The zero-order valence-corrected chi connectivity index (χ0v) is 18.5. The third-order valence-electron chi connectivity index (χ3n) is 4.46. The van der Waals surface area contributed by atoms with E-state index in [4.69, 9.17) is 20.3 Å². The smallest absolute Gasteiger partial charge is 0.365 e. The lowest BCUT2D eigenvalue weighted by Crippen LogP contribution is -2.42. The minimum absolute atomic E-state index is 0.0129. The Morgan fingerprint density at radius 3 is 2.67 bits per heavy atom. The summed E-state index contributed by atoms with van der Waals surface area (Å²) in [5, 5.41) is 6.77. The van der Waals surface area contributed by atoms with Gasteiger partial charge in [-0.2, -0.15) is 5.10 Å². The summed E-state index contributed by atoms with van der Waals surface area (Å²) in [5.74, 6) is -1.31. The fourth-order valence-electron chi connectivity index (χ4n) is 3.59. The zero-order chi connectivity index (χ0) is 22.5. The third-order valence-corrected chi connectivity index (χ3v) is 6.36. The number of nitrogens with one attached hydrogen (secondary N) is 1. The molecule has 2 aromatic heterocycles. The second-order valence-electron chi connectivity index (χ2n) is 7.95. The van der Waals surface area contributed by atoms with Crippen molar-refractivity contribution in [1.29, 1.82) is 0 Å². The molecule has 0 saturated heterocycles. The summed E-state index contributed by atoms with van der Waals surface area (Å²) in [7, 11) is -4.74. The van der Waals surface area contributed by atoms with Gasteiger partial charge in [0.05, 0.1) is 16.8 Å². The highest BCUT2D eigenvalue weighted by Crippen LogP contribution is 2.48. The molecule has 3 rings (SSSR count). The standard InChI is InChI=1S/C17H23N4O7PS/c1-16(2)7-9-11(13(18)22)15(30-12(9)17(3,4)28-16)20-14(23)10-5-6-19-21(10)8-27-29(24,25)26/h5-6H,7-8H2,1-4H3,(H2,18,22)(H,20,23)(H2,24,25,26). The van der Waals surface area contributed by atoms with Crippen LogP contribution in [0.4, 0.5) is 5.00 Å². The highest BCUT2D eigenvalue weighted by atomic mass is 32.1. The summed E-state index contributed by atoms with van der Waals surface area (Å²) < 4.78 is 22.4. The van der Waals surface area contributed by atoms with Gasteiger partial charge in [-0.3, -0.25) is 14.1 Å². The predicted molar refractivity (Wildman–Crippen MR) is 108 cm³/mol. The van der Waals surface area contributed by atoms with E-state index in [2.05, 4.69) is 14.9 Å². The van der Waals surface area contributed by atoms with Gasteiger partial charge in [0.15, 0.2) is 6.73 Å². The van der Waals surface area contributed by atoms with Crippen LogP contribution in [0.1, 0.15) is 59.0 Å². The maximum absolute atomic E-state index is 12.8. The molecule has 11 nitrogen and oxygen atoms in total. The second kappa shape index (κ2) is 7.56. The molecule has 0 radical (unpaired) electrons. The van der Waals surface area contributed by atoms with E-state index < -0.39 is 37.6 Å². The van der Waals surface area contributed by atoms with E-state index in [-0.39, 0.29) is 16.3 Å². The maximum Gasteiger partial charge on any atom is 0.471 e. The Morgan fingerprint density at radius 1 is 1.40 bits per heavy atom. The molecule has 0 atom stereocenters. The zero-order valence-electron chi connectivity index (χ0n) is 16.8. The molecule has 5 N–H and O–H groups in total. The molecule has 2 aromatic rings. The maximum atomic E-state index is 12.8. The lowest BCUT2D eigenvalue weighted by Gasteiger charge is -2.41. The normalized spacial score (nSPS) is 17.4. The van der Waals surface area contributed by atoms with Gasteiger partial charge in [-0.1, -0.05) is 0 Å². The lowest BCUT2D eigenvalue weighted by atomic mass is 9.86. The van der Waals surface area contributed by atoms with Crippen molar-refractivity contribution in [2.45, 2.75) is 52.0 Å². The van der Waals surface area contributed by atoms with Gasteiger partial charge in [0.2, 0.25) is 0 Å². The van der Waals surface area contributed by atoms with Gasteiger partial charge < -0.3 is 25.6 Å². The topological polar surface area (TPSA) is 166 Å². The number of phosphoric ester groups is 1. The Labute approximate surface area is 176 Å². The molecule has 0 fully saturated rings. The molecule has 0 spiro atoms. The molecule has 30 heavy (non-hydrogen) atoms. The summed E-state index contributed by atoms with van der Waals surface area (Å²) in [4.78, 5) is 43.5. The van der Waals surface area contributed by atoms with Crippen molar-refractivity contribution in [1.82, 2.24) is 9.78 Å². The Bertz CT molecular complexity index is 1050. The van der Waals surface area contributed by atoms with Crippen LogP contribution in [0.2, 0.25) is 0 Å². The van der Waals surface area contributed by atoms with Crippen molar-refractivity contribution in [3.63, 3.8) is 0 Å².